The van der Waals surface area contributed by atoms with Crippen molar-refractivity contribution in [3.05, 3.63) is 23.5 Å². The highest BCUT2D eigenvalue weighted by Gasteiger charge is 2.33. The maximum absolute atomic E-state index is 4.52. The van der Waals surface area contributed by atoms with Crippen molar-refractivity contribution in [2.45, 2.75) is 25.9 Å². The summed E-state index contributed by atoms with van der Waals surface area (Å²) in [6.07, 6.45) is 5.31. The van der Waals surface area contributed by atoms with E-state index in [0.29, 0.717) is 12.6 Å². The molecule has 2 atom stereocenters. The summed E-state index contributed by atoms with van der Waals surface area (Å²) in [6.45, 7) is 2.95. The standard InChI is InChI=1S/C12H17N5S/c1-8-5-10(8)16-11(13-2)14-6-9-7-17-3-4-18-12(17)15-9/h3-4,7-8,10H,5-6H2,1-2H3,(H2,13,14,16). The van der Waals surface area contributed by atoms with Crippen LogP contribution in [0.3, 0.4) is 0 Å². The smallest absolute Gasteiger partial charge is 0.193 e. The van der Waals surface area contributed by atoms with Gasteiger partial charge in [0.05, 0.1) is 12.2 Å². The first kappa shape index (κ1) is 11.5. The second kappa shape index (κ2) is 4.61. The summed E-state index contributed by atoms with van der Waals surface area (Å²) in [5.41, 5.74) is 1.04. The lowest BCUT2D eigenvalue weighted by Crippen LogP contribution is -2.38. The summed E-state index contributed by atoms with van der Waals surface area (Å²) in [6, 6.07) is 0.585. The zero-order chi connectivity index (χ0) is 12.5. The molecule has 0 spiro atoms. The van der Waals surface area contributed by atoms with Gasteiger partial charge in [-0.25, -0.2) is 4.98 Å². The molecular formula is C12H17N5S. The molecule has 2 aromatic heterocycles. The Morgan fingerprint density at radius 1 is 1.67 bits per heavy atom. The SMILES string of the molecule is CN=C(NCc1cn2ccsc2n1)NC1CC1C. The van der Waals surface area contributed by atoms with Gasteiger partial charge in [0, 0.05) is 30.9 Å². The van der Waals surface area contributed by atoms with Gasteiger partial charge in [-0.3, -0.25) is 9.39 Å². The fourth-order valence-corrected chi connectivity index (χ4v) is 2.65. The summed E-state index contributed by atoms with van der Waals surface area (Å²) in [5.74, 6) is 1.63. The lowest BCUT2D eigenvalue weighted by atomic mass is 10.4. The highest BCUT2D eigenvalue weighted by molar-refractivity contribution is 7.15. The highest BCUT2D eigenvalue weighted by Crippen LogP contribution is 2.28. The lowest BCUT2D eigenvalue weighted by Gasteiger charge is -2.09. The molecule has 0 amide bonds. The first-order valence-electron chi connectivity index (χ1n) is 6.14. The number of nitrogens with one attached hydrogen (secondary N) is 2. The quantitative estimate of drug-likeness (QED) is 0.651. The van der Waals surface area contributed by atoms with E-state index in [1.165, 1.54) is 6.42 Å². The van der Waals surface area contributed by atoms with Crippen LogP contribution in [0.15, 0.2) is 22.8 Å². The van der Waals surface area contributed by atoms with Crippen molar-refractivity contribution in [2.24, 2.45) is 10.9 Å². The Morgan fingerprint density at radius 3 is 3.17 bits per heavy atom. The molecule has 0 aromatic carbocycles. The summed E-state index contributed by atoms with van der Waals surface area (Å²) in [5, 5.41) is 8.73. The maximum Gasteiger partial charge on any atom is 0.193 e. The Kier molecular flexibility index (Phi) is 2.95. The summed E-state index contributed by atoms with van der Waals surface area (Å²) < 4.78 is 2.04. The second-order valence-corrected chi connectivity index (χ2v) is 5.59. The molecule has 1 fully saturated rings. The zero-order valence-corrected chi connectivity index (χ0v) is 11.4. The number of nitrogens with zero attached hydrogens (tertiary/aromatic N) is 3. The summed E-state index contributed by atoms with van der Waals surface area (Å²) in [7, 11) is 1.80. The highest BCUT2D eigenvalue weighted by atomic mass is 32.1. The number of hydrogen-bond donors (Lipinski definition) is 2. The molecule has 2 heterocycles. The van der Waals surface area contributed by atoms with Gasteiger partial charge in [0.25, 0.3) is 0 Å². The topological polar surface area (TPSA) is 53.7 Å². The fourth-order valence-electron chi connectivity index (χ4n) is 1.93. The van der Waals surface area contributed by atoms with E-state index in [4.69, 9.17) is 0 Å². The molecule has 1 saturated carbocycles. The van der Waals surface area contributed by atoms with Gasteiger partial charge in [-0.2, -0.15) is 0 Å². The predicted molar refractivity (Wildman–Crippen MR) is 74.0 cm³/mol. The number of guanidine groups is 1. The molecule has 18 heavy (non-hydrogen) atoms. The number of rotatable bonds is 3. The van der Waals surface area contributed by atoms with E-state index >= 15 is 0 Å². The number of fused-ring (bicyclic) bond motifs is 1. The third kappa shape index (κ3) is 2.33. The van der Waals surface area contributed by atoms with Crippen molar-refractivity contribution in [1.29, 1.82) is 0 Å². The Balaban J connectivity index is 1.57. The van der Waals surface area contributed by atoms with E-state index in [1.54, 1.807) is 18.4 Å². The van der Waals surface area contributed by atoms with Crippen LogP contribution in [-0.4, -0.2) is 28.4 Å². The van der Waals surface area contributed by atoms with Gasteiger partial charge < -0.3 is 10.6 Å². The first-order chi connectivity index (χ1) is 8.76. The molecule has 3 rings (SSSR count). The molecule has 6 heteroatoms. The molecule has 0 saturated heterocycles. The Bertz CT molecular complexity index is 541. The first-order valence-corrected chi connectivity index (χ1v) is 7.02. The molecule has 2 aromatic rings. The minimum Gasteiger partial charge on any atom is -0.353 e. The zero-order valence-electron chi connectivity index (χ0n) is 10.6. The molecule has 1 aliphatic carbocycles. The van der Waals surface area contributed by atoms with E-state index in [9.17, 15) is 0 Å². The van der Waals surface area contributed by atoms with Gasteiger partial charge >= 0.3 is 0 Å². The molecule has 0 aliphatic heterocycles. The summed E-state index contributed by atoms with van der Waals surface area (Å²) in [4.78, 5) is 9.78. The average Bonchev–Trinajstić information content (AvgIpc) is 2.77. The monoisotopic (exact) mass is 263 g/mol. The number of hydrogen-bond acceptors (Lipinski definition) is 3. The average molecular weight is 263 g/mol. The van der Waals surface area contributed by atoms with Gasteiger partial charge in [-0.15, -0.1) is 11.3 Å². The van der Waals surface area contributed by atoms with Crippen LogP contribution >= 0.6 is 11.3 Å². The van der Waals surface area contributed by atoms with Crippen molar-refractivity contribution < 1.29 is 0 Å². The number of imidazole rings is 1. The molecule has 0 bridgehead atoms. The van der Waals surface area contributed by atoms with Gasteiger partial charge in [-0.05, 0) is 12.3 Å². The van der Waals surface area contributed by atoms with Crippen molar-refractivity contribution in [3.63, 3.8) is 0 Å². The Labute approximate surface area is 110 Å². The van der Waals surface area contributed by atoms with E-state index in [1.807, 2.05) is 22.2 Å². The largest absolute Gasteiger partial charge is 0.353 e. The maximum atomic E-state index is 4.52. The van der Waals surface area contributed by atoms with Crippen molar-refractivity contribution in [3.8, 4) is 0 Å². The Morgan fingerprint density at radius 2 is 2.50 bits per heavy atom. The minimum atomic E-state index is 0.585. The minimum absolute atomic E-state index is 0.585. The molecule has 96 valence electrons. The van der Waals surface area contributed by atoms with Crippen LogP contribution in [0.5, 0.6) is 0 Å². The van der Waals surface area contributed by atoms with Crippen LogP contribution in [0.25, 0.3) is 4.96 Å². The Hall–Kier alpha value is -1.56. The molecular weight excluding hydrogens is 246 g/mol. The van der Waals surface area contributed by atoms with E-state index in [0.717, 1.165) is 22.5 Å². The van der Waals surface area contributed by atoms with Crippen LogP contribution in [0, 0.1) is 5.92 Å². The number of aromatic nitrogens is 2. The molecule has 2 unspecified atom stereocenters. The molecule has 5 nitrogen and oxygen atoms in total. The van der Waals surface area contributed by atoms with Crippen molar-refractivity contribution in [2.75, 3.05) is 7.05 Å². The van der Waals surface area contributed by atoms with Gasteiger partial charge in [-0.1, -0.05) is 6.92 Å². The van der Waals surface area contributed by atoms with Crippen LogP contribution in [0.1, 0.15) is 19.0 Å². The van der Waals surface area contributed by atoms with E-state index in [-0.39, 0.29) is 0 Å². The van der Waals surface area contributed by atoms with Crippen LogP contribution < -0.4 is 10.6 Å². The van der Waals surface area contributed by atoms with Crippen molar-refractivity contribution in [1.82, 2.24) is 20.0 Å². The number of thiazole rings is 1. The molecule has 0 radical (unpaired) electrons. The van der Waals surface area contributed by atoms with Gasteiger partial charge in [0.15, 0.2) is 10.9 Å². The molecule has 2 N–H and O–H groups in total. The van der Waals surface area contributed by atoms with Crippen LogP contribution in [-0.2, 0) is 6.54 Å². The van der Waals surface area contributed by atoms with Gasteiger partial charge in [0.2, 0.25) is 0 Å². The normalized spacial score (nSPS) is 23.3. The van der Waals surface area contributed by atoms with E-state index < -0.39 is 0 Å². The third-order valence-corrected chi connectivity index (χ3v) is 4.01. The van der Waals surface area contributed by atoms with E-state index in [2.05, 4.69) is 27.5 Å². The second-order valence-electron chi connectivity index (χ2n) is 4.71. The third-order valence-electron chi connectivity index (χ3n) is 3.24. The fraction of sp³-hybridized carbons (Fsp3) is 0.500. The summed E-state index contributed by atoms with van der Waals surface area (Å²) >= 11 is 1.65. The predicted octanol–water partition coefficient (Wildman–Crippen LogP) is 1.47. The number of aliphatic imine (C=N–C) groups is 1. The molecule has 1 aliphatic rings. The van der Waals surface area contributed by atoms with Gasteiger partial charge in [0.1, 0.15) is 0 Å². The van der Waals surface area contributed by atoms with Crippen LogP contribution in [0.4, 0.5) is 0 Å². The van der Waals surface area contributed by atoms with Crippen molar-refractivity contribution >= 4 is 22.3 Å². The van der Waals surface area contributed by atoms with Crippen LogP contribution in [0.2, 0.25) is 0 Å². The lowest BCUT2D eigenvalue weighted by molar-refractivity contribution is 0.758.